The second kappa shape index (κ2) is 6.60. The Balaban J connectivity index is 1.74. The van der Waals surface area contributed by atoms with Gasteiger partial charge in [0.05, 0.1) is 13.0 Å². The smallest absolute Gasteiger partial charge is 0.226 e. The van der Waals surface area contributed by atoms with E-state index >= 15 is 0 Å². The third kappa shape index (κ3) is 4.27. The van der Waals surface area contributed by atoms with Crippen molar-refractivity contribution >= 4 is 5.91 Å². The number of piperidine rings is 1. The number of aryl methyl sites for hydroxylation is 1. The van der Waals surface area contributed by atoms with Crippen LogP contribution in [0.2, 0.25) is 0 Å². The maximum atomic E-state index is 12.0. The number of rotatable bonds is 4. The summed E-state index contributed by atoms with van der Waals surface area (Å²) in [6, 6.07) is 7.93. The van der Waals surface area contributed by atoms with E-state index in [0.29, 0.717) is 18.9 Å². The first-order valence-electron chi connectivity index (χ1n) is 7.12. The average molecular weight is 261 g/mol. The summed E-state index contributed by atoms with van der Waals surface area (Å²) in [4.78, 5) is 14.0. The molecule has 1 atom stereocenters. The number of carbonyl (C=O) groups is 1. The van der Waals surface area contributed by atoms with Crippen LogP contribution in [-0.4, -0.2) is 30.5 Å². The van der Waals surface area contributed by atoms with Gasteiger partial charge >= 0.3 is 0 Å². The molecule has 104 valence electrons. The summed E-state index contributed by atoms with van der Waals surface area (Å²) < 4.78 is 5.63. The number of nitrogens with zero attached hydrogens (tertiary/aromatic N) is 1. The van der Waals surface area contributed by atoms with E-state index in [9.17, 15) is 4.79 Å². The summed E-state index contributed by atoms with van der Waals surface area (Å²) in [6.45, 7) is 6.53. The van der Waals surface area contributed by atoms with Crippen LogP contribution in [0.1, 0.15) is 31.7 Å². The Morgan fingerprint density at radius 2 is 2.32 bits per heavy atom. The number of benzene rings is 1. The van der Waals surface area contributed by atoms with Crippen molar-refractivity contribution in [1.29, 1.82) is 0 Å². The van der Waals surface area contributed by atoms with E-state index in [1.54, 1.807) is 0 Å². The second-order valence-corrected chi connectivity index (χ2v) is 5.50. The van der Waals surface area contributed by atoms with Crippen molar-refractivity contribution in [3.63, 3.8) is 0 Å². The molecule has 0 radical (unpaired) electrons. The molecule has 1 aromatic rings. The van der Waals surface area contributed by atoms with Crippen LogP contribution in [0.25, 0.3) is 0 Å². The van der Waals surface area contributed by atoms with Gasteiger partial charge in [0.15, 0.2) is 0 Å². The molecule has 1 aliphatic heterocycles. The lowest BCUT2D eigenvalue weighted by Gasteiger charge is -2.31. The van der Waals surface area contributed by atoms with Gasteiger partial charge in [-0.1, -0.05) is 19.1 Å². The molecular formula is C16H23NO2. The molecule has 1 unspecified atom stereocenters. The number of carbonyl (C=O) groups excluding carboxylic acids is 1. The van der Waals surface area contributed by atoms with Crippen molar-refractivity contribution in [2.24, 2.45) is 5.92 Å². The molecule has 0 aliphatic carbocycles. The highest BCUT2D eigenvalue weighted by Crippen LogP contribution is 2.17. The summed E-state index contributed by atoms with van der Waals surface area (Å²) in [5.41, 5.74) is 1.17. The summed E-state index contributed by atoms with van der Waals surface area (Å²) >= 11 is 0. The maximum Gasteiger partial charge on any atom is 0.226 e. The van der Waals surface area contributed by atoms with Crippen molar-refractivity contribution in [3.05, 3.63) is 29.8 Å². The minimum Gasteiger partial charge on any atom is -0.493 e. The first kappa shape index (κ1) is 13.9. The fourth-order valence-electron chi connectivity index (χ4n) is 2.54. The van der Waals surface area contributed by atoms with E-state index in [2.05, 4.69) is 6.92 Å². The Morgan fingerprint density at radius 3 is 3.05 bits per heavy atom. The SMILES string of the molecule is Cc1cccc(OCCC(=O)N2CCCC(C)C2)c1. The molecule has 1 aromatic carbocycles. The number of amides is 1. The number of hydrogen-bond donors (Lipinski definition) is 0. The largest absolute Gasteiger partial charge is 0.493 e. The lowest BCUT2D eigenvalue weighted by atomic mass is 10.0. The van der Waals surface area contributed by atoms with E-state index in [1.165, 1.54) is 12.0 Å². The average Bonchev–Trinajstić information content (AvgIpc) is 2.38. The Kier molecular flexibility index (Phi) is 4.83. The lowest BCUT2D eigenvalue weighted by molar-refractivity contribution is -0.133. The molecular weight excluding hydrogens is 238 g/mol. The second-order valence-electron chi connectivity index (χ2n) is 5.50. The van der Waals surface area contributed by atoms with Crippen molar-refractivity contribution in [2.75, 3.05) is 19.7 Å². The normalized spacial score (nSPS) is 19.3. The van der Waals surface area contributed by atoms with E-state index in [0.717, 1.165) is 25.3 Å². The first-order chi connectivity index (χ1) is 9.15. The van der Waals surface area contributed by atoms with Gasteiger partial charge in [-0.05, 0) is 43.4 Å². The van der Waals surface area contributed by atoms with Crippen LogP contribution in [0.15, 0.2) is 24.3 Å². The molecule has 19 heavy (non-hydrogen) atoms. The Bertz CT molecular complexity index is 431. The van der Waals surface area contributed by atoms with E-state index in [-0.39, 0.29) is 5.91 Å². The third-order valence-electron chi connectivity index (χ3n) is 3.58. The molecule has 1 saturated heterocycles. The highest BCUT2D eigenvalue weighted by Gasteiger charge is 2.20. The van der Waals surface area contributed by atoms with Crippen molar-refractivity contribution in [1.82, 2.24) is 4.90 Å². The van der Waals surface area contributed by atoms with E-state index in [1.807, 2.05) is 36.1 Å². The van der Waals surface area contributed by atoms with Crippen LogP contribution in [0.4, 0.5) is 0 Å². The molecule has 3 nitrogen and oxygen atoms in total. The van der Waals surface area contributed by atoms with Crippen LogP contribution >= 0.6 is 0 Å². The van der Waals surface area contributed by atoms with Gasteiger partial charge in [0.25, 0.3) is 0 Å². The molecule has 0 spiro atoms. The first-order valence-corrected chi connectivity index (χ1v) is 7.12. The van der Waals surface area contributed by atoms with Gasteiger partial charge < -0.3 is 9.64 Å². The fourth-order valence-corrected chi connectivity index (χ4v) is 2.54. The quantitative estimate of drug-likeness (QED) is 0.833. The predicted octanol–water partition coefficient (Wildman–Crippen LogP) is 3.02. The van der Waals surface area contributed by atoms with Crippen LogP contribution in [-0.2, 0) is 4.79 Å². The van der Waals surface area contributed by atoms with Crippen LogP contribution in [0.5, 0.6) is 5.75 Å². The fraction of sp³-hybridized carbons (Fsp3) is 0.562. The zero-order valence-electron chi connectivity index (χ0n) is 11.9. The van der Waals surface area contributed by atoms with Crippen molar-refractivity contribution in [3.8, 4) is 5.75 Å². The monoisotopic (exact) mass is 261 g/mol. The van der Waals surface area contributed by atoms with Gasteiger partial charge in [0, 0.05) is 13.1 Å². The zero-order chi connectivity index (χ0) is 13.7. The molecule has 2 rings (SSSR count). The third-order valence-corrected chi connectivity index (χ3v) is 3.58. The van der Waals surface area contributed by atoms with Gasteiger partial charge in [0.2, 0.25) is 5.91 Å². The van der Waals surface area contributed by atoms with Gasteiger partial charge in [0.1, 0.15) is 5.75 Å². The standard InChI is InChI=1S/C16H23NO2/c1-13-5-3-7-15(11-13)19-10-8-16(18)17-9-4-6-14(2)12-17/h3,5,7,11,14H,4,6,8-10,12H2,1-2H3. The summed E-state index contributed by atoms with van der Waals surface area (Å²) in [7, 11) is 0. The Labute approximate surface area is 115 Å². The van der Waals surface area contributed by atoms with Gasteiger partial charge in [-0.15, -0.1) is 0 Å². The predicted molar refractivity (Wildman–Crippen MR) is 76.3 cm³/mol. The van der Waals surface area contributed by atoms with Crippen LogP contribution in [0.3, 0.4) is 0 Å². The lowest BCUT2D eigenvalue weighted by Crippen LogP contribution is -2.39. The molecule has 1 amide bonds. The molecule has 1 fully saturated rings. The maximum absolute atomic E-state index is 12.0. The molecule has 0 saturated carbocycles. The van der Waals surface area contributed by atoms with Crippen molar-refractivity contribution < 1.29 is 9.53 Å². The number of ether oxygens (including phenoxy) is 1. The highest BCUT2D eigenvalue weighted by atomic mass is 16.5. The number of hydrogen-bond acceptors (Lipinski definition) is 2. The molecule has 0 bridgehead atoms. The molecule has 3 heteroatoms. The van der Waals surface area contributed by atoms with Gasteiger partial charge in [-0.25, -0.2) is 0 Å². The minimum absolute atomic E-state index is 0.221. The van der Waals surface area contributed by atoms with E-state index in [4.69, 9.17) is 4.74 Å². The molecule has 1 aliphatic rings. The van der Waals surface area contributed by atoms with Gasteiger partial charge in [-0.3, -0.25) is 4.79 Å². The minimum atomic E-state index is 0.221. The van der Waals surface area contributed by atoms with Crippen LogP contribution < -0.4 is 4.74 Å². The summed E-state index contributed by atoms with van der Waals surface area (Å²) in [5, 5.41) is 0. The Morgan fingerprint density at radius 1 is 1.47 bits per heavy atom. The topological polar surface area (TPSA) is 29.5 Å². The summed E-state index contributed by atoms with van der Waals surface area (Å²) in [5.74, 6) is 1.70. The highest BCUT2D eigenvalue weighted by molar-refractivity contribution is 5.76. The molecule has 0 N–H and O–H groups in total. The zero-order valence-corrected chi connectivity index (χ0v) is 11.9. The molecule has 1 heterocycles. The Hall–Kier alpha value is -1.51. The van der Waals surface area contributed by atoms with Crippen LogP contribution in [0, 0.1) is 12.8 Å². The van der Waals surface area contributed by atoms with Gasteiger partial charge in [-0.2, -0.15) is 0 Å². The summed E-state index contributed by atoms with van der Waals surface area (Å²) in [6.07, 6.45) is 2.84. The van der Waals surface area contributed by atoms with E-state index < -0.39 is 0 Å². The van der Waals surface area contributed by atoms with Crippen molar-refractivity contribution in [2.45, 2.75) is 33.1 Å². The number of likely N-dealkylation sites (tertiary alicyclic amines) is 1. The molecule has 0 aromatic heterocycles.